The van der Waals surface area contributed by atoms with Crippen molar-refractivity contribution >= 4 is 11.7 Å². The third-order valence-electron chi connectivity index (χ3n) is 2.82. The SMILES string of the molecule is CCNc1cnc(C(=O)NCc2ccc(C)cc2)cn1. The Bertz CT molecular complexity index is 563. The third kappa shape index (κ3) is 3.78. The van der Waals surface area contributed by atoms with E-state index in [1.54, 1.807) is 6.20 Å². The van der Waals surface area contributed by atoms with Gasteiger partial charge in [0.05, 0.1) is 12.4 Å². The third-order valence-corrected chi connectivity index (χ3v) is 2.82. The van der Waals surface area contributed by atoms with Gasteiger partial charge in [0.25, 0.3) is 5.91 Å². The number of aryl methyl sites for hydroxylation is 1. The summed E-state index contributed by atoms with van der Waals surface area (Å²) in [5, 5.41) is 5.86. The zero-order valence-corrected chi connectivity index (χ0v) is 11.7. The molecule has 0 aliphatic carbocycles. The molecule has 5 heteroatoms. The molecular formula is C15H18N4O. The second-order valence-electron chi connectivity index (χ2n) is 4.49. The average molecular weight is 270 g/mol. The lowest BCUT2D eigenvalue weighted by Gasteiger charge is -2.06. The van der Waals surface area contributed by atoms with Crippen LogP contribution in [0.15, 0.2) is 36.7 Å². The molecule has 1 aromatic carbocycles. The van der Waals surface area contributed by atoms with Gasteiger partial charge in [-0.25, -0.2) is 9.97 Å². The molecule has 104 valence electrons. The number of nitrogens with zero attached hydrogens (tertiary/aromatic N) is 2. The number of benzene rings is 1. The molecule has 0 fully saturated rings. The summed E-state index contributed by atoms with van der Waals surface area (Å²) >= 11 is 0. The van der Waals surface area contributed by atoms with Gasteiger partial charge >= 0.3 is 0 Å². The van der Waals surface area contributed by atoms with E-state index in [0.717, 1.165) is 12.1 Å². The Morgan fingerprint density at radius 3 is 2.50 bits per heavy atom. The highest BCUT2D eigenvalue weighted by Crippen LogP contribution is 2.04. The molecule has 2 N–H and O–H groups in total. The highest BCUT2D eigenvalue weighted by atomic mass is 16.1. The minimum Gasteiger partial charge on any atom is -0.369 e. The molecule has 1 aromatic heterocycles. The highest BCUT2D eigenvalue weighted by molar-refractivity contribution is 5.91. The second-order valence-corrected chi connectivity index (χ2v) is 4.49. The van der Waals surface area contributed by atoms with Crippen LogP contribution < -0.4 is 10.6 Å². The Morgan fingerprint density at radius 1 is 1.15 bits per heavy atom. The van der Waals surface area contributed by atoms with Crippen molar-refractivity contribution < 1.29 is 4.79 Å². The van der Waals surface area contributed by atoms with Crippen LogP contribution in [0.4, 0.5) is 5.82 Å². The van der Waals surface area contributed by atoms with E-state index in [1.165, 1.54) is 11.8 Å². The fraction of sp³-hybridized carbons (Fsp3) is 0.267. The van der Waals surface area contributed by atoms with Crippen molar-refractivity contribution in [3.63, 3.8) is 0 Å². The van der Waals surface area contributed by atoms with Gasteiger partial charge in [0.15, 0.2) is 0 Å². The summed E-state index contributed by atoms with van der Waals surface area (Å²) in [6.07, 6.45) is 3.03. The molecule has 0 spiro atoms. The van der Waals surface area contributed by atoms with Crippen LogP contribution in [0.2, 0.25) is 0 Å². The second kappa shape index (κ2) is 6.65. The minimum absolute atomic E-state index is 0.221. The van der Waals surface area contributed by atoms with Crippen molar-refractivity contribution in [3.05, 3.63) is 53.5 Å². The van der Waals surface area contributed by atoms with Gasteiger partial charge in [-0.15, -0.1) is 0 Å². The first kappa shape index (κ1) is 14.0. The lowest BCUT2D eigenvalue weighted by molar-refractivity contribution is 0.0945. The van der Waals surface area contributed by atoms with Crippen molar-refractivity contribution in [2.45, 2.75) is 20.4 Å². The first-order valence-corrected chi connectivity index (χ1v) is 6.58. The Labute approximate surface area is 118 Å². The van der Waals surface area contributed by atoms with Gasteiger partial charge in [0, 0.05) is 13.1 Å². The van der Waals surface area contributed by atoms with E-state index in [1.807, 2.05) is 38.1 Å². The van der Waals surface area contributed by atoms with Gasteiger partial charge in [-0.3, -0.25) is 4.79 Å². The maximum Gasteiger partial charge on any atom is 0.271 e. The zero-order valence-electron chi connectivity index (χ0n) is 11.7. The Kier molecular flexibility index (Phi) is 4.65. The van der Waals surface area contributed by atoms with Crippen molar-refractivity contribution in [1.29, 1.82) is 0 Å². The van der Waals surface area contributed by atoms with Crippen LogP contribution in [0.5, 0.6) is 0 Å². The smallest absolute Gasteiger partial charge is 0.271 e. The largest absolute Gasteiger partial charge is 0.369 e. The minimum atomic E-state index is -0.221. The van der Waals surface area contributed by atoms with Gasteiger partial charge in [0.2, 0.25) is 0 Å². The van der Waals surface area contributed by atoms with Crippen LogP contribution in [-0.4, -0.2) is 22.4 Å². The number of amides is 1. The summed E-state index contributed by atoms with van der Waals surface area (Å²) in [5.74, 6) is 0.448. The number of aromatic nitrogens is 2. The fourth-order valence-electron chi connectivity index (χ4n) is 1.70. The van der Waals surface area contributed by atoms with Gasteiger partial charge in [0.1, 0.15) is 11.5 Å². The lowest BCUT2D eigenvalue weighted by Crippen LogP contribution is -2.24. The number of hydrogen-bond donors (Lipinski definition) is 2. The molecule has 0 radical (unpaired) electrons. The molecule has 0 saturated heterocycles. The van der Waals surface area contributed by atoms with Crippen molar-refractivity contribution in [1.82, 2.24) is 15.3 Å². The quantitative estimate of drug-likeness (QED) is 0.873. The van der Waals surface area contributed by atoms with Gasteiger partial charge in [-0.1, -0.05) is 29.8 Å². The number of carbonyl (C=O) groups excluding carboxylic acids is 1. The number of rotatable bonds is 5. The van der Waals surface area contributed by atoms with E-state index in [-0.39, 0.29) is 5.91 Å². The maximum absolute atomic E-state index is 11.9. The number of anilines is 1. The van der Waals surface area contributed by atoms with Crippen LogP contribution in [0.3, 0.4) is 0 Å². The Morgan fingerprint density at radius 2 is 1.90 bits per heavy atom. The fourth-order valence-corrected chi connectivity index (χ4v) is 1.70. The number of hydrogen-bond acceptors (Lipinski definition) is 4. The first-order valence-electron chi connectivity index (χ1n) is 6.58. The molecule has 0 bridgehead atoms. The van der Waals surface area contributed by atoms with Gasteiger partial charge in [-0.2, -0.15) is 0 Å². The molecule has 0 atom stereocenters. The summed E-state index contributed by atoms with van der Waals surface area (Å²) in [4.78, 5) is 20.1. The van der Waals surface area contributed by atoms with E-state index in [0.29, 0.717) is 18.1 Å². The molecule has 20 heavy (non-hydrogen) atoms. The predicted octanol–water partition coefficient (Wildman–Crippen LogP) is 2.15. The molecule has 0 saturated carbocycles. The molecule has 2 rings (SSSR count). The summed E-state index contributed by atoms with van der Waals surface area (Å²) in [6.45, 7) is 5.26. The number of carbonyl (C=O) groups is 1. The monoisotopic (exact) mass is 270 g/mol. The summed E-state index contributed by atoms with van der Waals surface area (Å²) in [7, 11) is 0. The molecule has 1 heterocycles. The molecule has 0 aliphatic heterocycles. The van der Waals surface area contributed by atoms with E-state index >= 15 is 0 Å². The topological polar surface area (TPSA) is 66.9 Å². The lowest BCUT2D eigenvalue weighted by atomic mass is 10.1. The van der Waals surface area contributed by atoms with Crippen molar-refractivity contribution in [2.75, 3.05) is 11.9 Å². The van der Waals surface area contributed by atoms with E-state index in [9.17, 15) is 4.79 Å². The van der Waals surface area contributed by atoms with Gasteiger partial charge in [-0.05, 0) is 19.4 Å². The molecule has 5 nitrogen and oxygen atoms in total. The molecule has 1 amide bonds. The Balaban J connectivity index is 1.92. The van der Waals surface area contributed by atoms with E-state index < -0.39 is 0 Å². The van der Waals surface area contributed by atoms with Gasteiger partial charge < -0.3 is 10.6 Å². The van der Waals surface area contributed by atoms with E-state index in [4.69, 9.17) is 0 Å². The van der Waals surface area contributed by atoms with Crippen LogP contribution >= 0.6 is 0 Å². The van der Waals surface area contributed by atoms with Crippen molar-refractivity contribution in [3.8, 4) is 0 Å². The van der Waals surface area contributed by atoms with Crippen LogP contribution in [0.25, 0.3) is 0 Å². The molecule has 0 aliphatic rings. The Hall–Kier alpha value is -2.43. The normalized spacial score (nSPS) is 10.1. The summed E-state index contributed by atoms with van der Waals surface area (Å²) < 4.78 is 0. The summed E-state index contributed by atoms with van der Waals surface area (Å²) in [5.41, 5.74) is 2.57. The first-order chi connectivity index (χ1) is 9.69. The average Bonchev–Trinajstić information content (AvgIpc) is 2.47. The number of nitrogens with one attached hydrogen (secondary N) is 2. The molecule has 0 unspecified atom stereocenters. The van der Waals surface area contributed by atoms with Crippen molar-refractivity contribution in [2.24, 2.45) is 0 Å². The maximum atomic E-state index is 11.9. The predicted molar refractivity (Wildman–Crippen MR) is 78.5 cm³/mol. The zero-order chi connectivity index (χ0) is 14.4. The standard InChI is InChI=1S/C15H18N4O/c1-3-16-14-10-17-13(9-18-14)15(20)19-8-12-6-4-11(2)5-7-12/h4-7,9-10H,3,8H2,1-2H3,(H,16,18)(H,19,20). The van der Waals surface area contributed by atoms with Crippen LogP contribution in [-0.2, 0) is 6.54 Å². The van der Waals surface area contributed by atoms with Crippen LogP contribution in [0.1, 0.15) is 28.5 Å². The van der Waals surface area contributed by atoms with Crippen LogP contribution in [0, 0.1) is 6.92 Å². The molecular weight excluding hydrogens is 252 g/mol. The highest BCUT2D eigenvalue weighted by Gasteiger charge is 2.07. The van der Waals surface area contributed by atoms with E-state index in [2.05, 4.69) is 20.6 Å². The summed E-state index contributed by atoms with van der Waals surface area (Å²) in [6, 6.07) is 8.03. The molecule has 2 aromatic rings.